The Morgan fingerprint density at radius 1 is 0.625 bits per heavy atom. The first-order valence-electron chi connectivity index (χ1n) is 15.6. The topological polar surface area (TPSA) is 73.9 Å². The Kier molecular flexibility index (Phi) is 18.1. The molecule has 0 saturated carbocycles. The zero-order valence-electron chi connectivity index (χ0n) is 24.9. The number of carbonyl (C=O) groups is 2. The molecule has 2 aromatic rings. The largest absolute Gasteiger partial charge is 0.513 e. The van der Waals surface area contributed by atoms with Crippen molar-refractivity contribution in [3.05, 3.63) is 48.5 Å². The van der Waals surface area contributed by atoms with Crippen LogP contribution in [0, 0.1) is 0 Å². The van der Waals surface area contributed by atoms with E-state index in [1.165, 1.54) is 70.6 Å². The molecule has 6 nitrogen and oxygen atoms in total. The summed E-state index contributed by atoms with van der Waals surface area (Å²) in [6, 6.07) is 14.8. The van der Waals surface area contributed by atoms with Crippen molar-refractivity contribution in [2.24, 2.45) is 0 Å². The van der Waals surface area contributed by atoms with Gasteiger partial charge < -0.3 is 14.2 Å². The van der Waals surface area contributed by atoms with Gasteiger partial charge in [0.15, 0.2) is 0 Å². The predicted octanol–water partition coefficient (Wildman–Crippen LogP) is 10.7. The summed E-state index contributed by atoms with van der Waals surface area (Å²) in [5.41, 5.74) is 2.12. The van der Waals surface area contributed by atoms with Gasteiger partial charge in [-0.1, -0.05) is 134 Å². The van der Waals surface area contributed by atoms with Crippen LogP contribution in [0.2, 0.25) is 0 Å². The number of hydrogen-bond acceptors (Lipinski definition) is 5. The van der Waals surface area contributed by atoms with E-state index in [1.54, 1.807) is 18.2 Å². The first-order valence-corrected chi connectivity index (χ1v) is 15.6. The molecule has 0 aliphatic carbocycles. The normalized spacial score (nSPS) is 10.8. The number of unbranched alkanes of at least 4 members (excludes halogenated alkanes) is 14. The molecular weight excluding hydrogens is 502 g/mol. The maximum Gasteiger partial charge on any atom is 0.513 e. The van der Waals surface area contributed by atoms with Crippen LogP contribution in [-0.2, 0) is 9.47 Å². The van der Waals surface area contributed by atoms with Crippen LogP contribution in [0.4, 0.5) is 15.3 Å². The second kappa shape index (κ2) is 21.8. The van der Waals surface area contributed by atoms with Crippen molar-refractivity contribution in [3.63, 3.8) is 0 Å². The van der Waals surface area contributed by atoms with E-state index in [1.807, 2.05) is 30.3 Å². The van der Waals surface area contributed by atoms with Crippen LogP contribution in [0.15, 0.2) is 48.5 Å². The number of nitrogens with one attached hydrogen (secondary N) is 1. The highest BCUT2D eigenvalue weighted by Gasteiger charge is 2.14. The molecule has 0 aromatic heterocycles. The molecule has 2 rings (SSSR count). The van der Waals surface area contributed by atoms with Gasteiger partial charge in [0.1, 0.15) is 5.75 Å². The minimum atomic E-state index is -0.717. The SMILES string of the molecule is CCCCCCCCCCOC(=O)Nc1ccc(OC(=O)OCCCCCCCCCC)c(-c2ccccc2)c1. The van der Waals surface area contributed by atoms with E-state index in [4.69, 9.17) is 14.2 Å². The third-order valence-electron chi connectivity index (χ3n) is 6.95. The summed E-state index contributed by atoms with van der Waals surface area (Å²) in [6.45, 7) is 5.19. The highest BCUT2D eigenvalue weighted by molar-refractivity contribution is 5.87. The summed E-state index contributed by atoms with van der Waals surface area (Å²) in [7, 11) is 0. The van der Waals surface area contributed by atoms with Crippen molar-refractivity contribution in [3.8, 4) is 16.9 Å². The number of carbonyl (C=O) groups excluding carboxylic acids is 2. The van der Waals surface area contributed by atoms with E-state index in [0.717, 1.165) is 37.7 Å². The van der Waals surface area contributed by atoms with E-state index in [-0.39, 0.29) is 0 Å². The standard InChI is InChI=1S/C34H51NO5/c1-3-5-7-9-11-13-15-20-26-38-33(36)35-30-24-25-32(31(28-30)29-22-18-17-19-23-29)40-34(37)39-27-21-16-14-12-10-8-6-4-2/h17-19,22-25,28H,3-16,20-21,26-27H2,1-2H3,(H,35,36). The number of anilines is 1. The van der Waals surface area contributed by atoms with Crippen molar-refractivity contribution in [1.29, 1.82) is 0 Å². The Morgan fingerprint density at radius 2 is 1.15 bits per heavy atom. The van der Waals surface area contributed by atoms with Crippen LogP contribution >= 0.6 is 0 Å². The smallest absolute Gasteiger partial charge is 0.449 e. The van der Waals surface area contributed by atoms with Crippen molar-refractivity contribution in [2.45, 2.75) is 117 Å². The van der Waals surface area contributed by atoms with Gasteiger partial charge in [-0.05, 0) is 36.6 Å². The lowest BCUT2D eigenvalue weighted by Gasteiger charge is -2.13. The van der Waals surface area contributed by atoms with Gasteiger partial charge in [0.2, 0.25) is 0 Å². The van der Waals surface area contributed by atoms with Gasteiger partial charge in [-0.2, -0.15) is 0 Å². The maximum atomic E-state index is 12.4. The molecule has 0 atom stereocenters. The van der Waals surface area contributed by atoms with E-state index in [2.05, 4.69) is 19.2 Å². The summed E-state index contributed by atoms with van der Waals surface area (Å²) in [5.74, 6) is 0.380. The van der Waals surface area contributed by atoms with Crippen molar-refractivity contribution >= 4 is 17.9 Å². The molecule has 6 heteroatoms. The van der Waals surface area contributed by atoms with Crippen LogP contribution in [-0.4, -0.2) is 25.5 Å². The molecule has 40 heavy (non-hydrogen) atoms. The Hall–Kier alpha value is -3.02. The van der Waals surface area contributed by atoms with Crippen LogP contribution < -0.4 is 10.1 Å². The fourth-order valence-electron chi connectivity index (χ4n) is 4.61. The Labute approximate surface area is 242 Å². The van der Waals surface area contributed by atoms with Crippen LogP contribution in [0.5, 0.6) is 5.75 Å². The maximum absolute atomic E-state index is 12.4. The van der Waals surface area contributed by atoms with E-state index < -0.39 is 12.2 Å². The number of ether oxygens (including phenoxy) is 3. The van der Waals surface area contributed by atoms with Gasteiger partial charge in [-0.15, -0.1) is 0 Å². The number of hydrogen-bond donors (Lipinski definition) is 1. The third kappa shape index (κ3) is 14.9. The molecule has 2 aromatic carbocycles. The van der Waals surface area contributed by atoms with E-state index >= 15 is 0 Å². The molecular formula is C34H51NO5. The molecule has 0 spiro atoms. The van der Waals surface area contributed by atoms with Gasteiger partial charge in [0.05, 0.1) is 13.2 Å². The Balaban J connectivity index is 1.79. The van der Waals surface area contributed by atoms with E-state index in [0.29, 0.717) is 30.2 Å². The fourth-order valence-corrected chi connectivity index (χ4v) is 4.61. The lowest BCUT2D eigenvalue weighted by Crippen LogP contribution is -2.15. The van der Waals surface area contributed by atoms with Crippen LogP contribution in [0.25, 0.3) is 11.1 Å². The minimum absolute atomic E-state index is 0.346. The predicted molar refractivity (Wildman–Crippen MR) is 164 cm³/mol. The van der Waals surface area contributed by atoms with E-state index in [9.17, 15) is 9.59 Å². The second-order valence-corrected chi connectivity index (χ2v) is 10.5. The Morgan fingerprint density at radius 3 is 1.73 bits per heavy atom. The average molecular weight is 554 g/mol. The Bertz CT molecular complexity index is 947. The number of rotatable bonds is 21. The van der Waals surface area contributed by atoms with Gasteiger partial charge in [-0.3, -0.25) is 5.32 Å². The number of amides is 1. The molecule has 0 aliphatic rings. The molecule has 0 saturated heterocycles. The molecule has 222 valence electrons. The zero-order chi connectivity index (χ0) is 28.7. The van der Waals surface area contributed by atoms with Crippen molar-refractivity contribution in [1.82, 2.24) is 0 Å². The van der Waals surface area contributed by atoms with Crippen LogP contribution in [0.1, 0.15) is 117 Å². The lowest BCUT2D eigenvalue weighted by atomic mass is 10.0. The quantitative estimate of drug-likeness (QED) is 0.0945. The third-order valence-corrected chi connectivity index (χ3v) is 6.95. The second-order valence-electron chi connectivity index (χ2n) is 10.5. The molecule has 0 bridgehead atoms. The van der Waals surface area contributed by atoms with Gasteiger partial charge in [-0.25, -0.2) is 9.59 Å². The highest BCUT2D eigenvalue weighted by Crippen LogP contribution is 2.33. The monoisotopic (exact) mass is 553 g/mol. The summed E-state index contributed by atoms with van der Waals surface area (Å²) in [4.78, 5) is 24.7. The fraction of sp³-hybridized carbons (Fsp3) is 0.588. The molecule has 0 heterocycles. The summed E-state index contributed by atoms with van der Waals surface area (Å²) < 4.78 is 16.3. The first kappa shape index (κ1) is 33.2. The van der Waals surface area contributed by atoms with Gasteiger partial charge in [0.25, 0.3) is 0 Å². The average Bonchev–Trinajstić information content (AvgIpc) is 2.96. The van der Waals surface area contributed by atoms with Gasteiger partial charge >= 0.3 is 12.2 Å². The molecule has 0 fully saturated rings. The molecule has 1 amide bonds. The molecule has 0 radical (unpaired) electrons. The van der Waals surface area contributed by atoms with Crippen molar-refractivity contribution < 1.29 is 23.8 Å². The summed E-state index contributed by atoms with van der Waals surface area (Å²) in [5, 5.41) is 2.79. The highest BCUT2D eigenvalue weighted by atomic mass is 16.7. The minimum Gasteiger partial charge on any atom is -0.449 e. The first-order chi connectivity index (χ1) is 19.6. The number of benzene rings is 2. The van der Waals surface area contributed by atoms with Gasteiger partial charge in [0, 0.05) is 11.3 Å². The van der Waals surface area contributed by atoms with Crippen molar-refractivity contribution in [2.75, 3.05) is 18.5 Å². The lowest BCUT2D eigenvalue weighted by molar-refractivity contribution is 0.0974. The molecule has 1 N–H and O–H groups in total. The molecule has 0 aliphatic heterocycles. The molecule has 0 unspecified atom stereocenters. The zero-order valence-corrected chi connectivity index (χ0v) is 24.9. The summed E-state index contributed by atoms with van der Waals surface area (Å²) in [6.07, 6.45) is 17.7. The van der Waals surface area contributed by atoms with Crippen LogP contribution in [0.3, 0.4) is 0 Å². The summed E-state index contributed by atoms with van der Waals surface area (Å²) >= 11 is 0.